The van der Waals surface area contributed by atoms with Crippen molar-refractivity contribution in [2.75, 3.05) is 26.2 Å². The Morgan fingerprint density at radius 2 is 1.80 bits per heavy atom. The molecule has 2 aliphatic rings. The Kier molecular flexibility index (Phi) is 7.11. The second kappa shape index (κ2) is 8.88. The Bertz CT molecular complexity index is 691. The molecule has 2 fully saturated rings. The molecule has 3 heterocycles. The van der Waals surface area contributed by atoms with Gasteiger partial charge in [0, 0.05) is 26.1 Å². The number of likely N-dealkylation sites (tertiary alicyclic amines) is 1. The number of halogens is 2. The number of aromatic nitrogens is 2. The van der Waals surface area contributed by atoms with Crippen molar-refractivity contribution in [3.8, 4) is 0 Å². The number of para-hydroxylation sites is 2. The van der Waals surface area contributed by atoms with Gasteiger partial charge in [0.1, 0.15) is 0 Å². The topological polar surface area (TPSA) is 50.2 Å². The standard InChI is InChI=1S/C18H24N4O.2ClH/c23-18(21-8-5-14-11-19-12-15(14)6-9-21)7-10-22-13-20-16-3-1-2-4-17(16)22;;/h1-4,13-15,19H,5-12H2;2*1H/t14-,15+;;. The Morgan fingerprint density at radius 3 is 2.52 bits per heavy atom. The molecule has 0 bridgehead atoms. The highest BCUT2D eigenvalue weighted by Crippen LogP contribution is 2.27. The molecule has 2 aromatic rings. The number of amides is 1. The second-order valence-corrected chi connectivity index (χ2v) is 6.81. The molecule has 1 aromatic heterocycles. The molecule has 1 aromatic carbocycles. The maximum Gasteiger partial charge on any atom is 0.224 e. The summed E-state index contributed by atoms with van der Waals surface area (Å²) in [5.41, 5.74) is 2.10. The van der Waals surface area contributed by atoms with Crippen LogP contribution in [0.25, 0.3) is 11.0 Å². The molecule has 0 saturated carbocycles. The van der Waals surface area contributed by atoms with E-state index in [0.29, 0.717) is 13.0 Å². The molecular weight excluding hydrogens is 359 g/mol. The van der Waals surface area contributed by atoms with Gasteiger partial charge in [0.2, 0.25) is 5.91 Å². The monoisotopic (exact) mass is 384 g/mol. The molecule has 2 saturated heterocycles. The first-order chi connectivity index (χ1) is 11.3. The van der Waals surface area contributed by atoms with Crippen molar-refractivity contribution < 1.29 is 4.79 Å². The van der Waals surface area contributed by atoms with Gasteiger partial charge in [-0.05, 0) is 49.9 Å². The fraction of sp³-hybridized carbons (Fsp3) is 0.556. The molecule has 1 N–H and O–H groups in total. The van der Waals surface area contributed by atoms with Crippen LogP contribution in [0.5, 0.6) is 0 Å². The van der Waals surface area contributed by atoms with Gasteiger partial charge >= 0.3 is 0 Å². The minimum atomic E-state index is 0. The Labute approximate surface area is 161 Å². The van der Waals surface area contributed by atoms with Crippen molar-refractivity contribution in [1.29, 1.82) is 0 Å². The fourth-order valence-corrected chi connectivity index (χ4v) is 4.03. The van der Waals surface area contributed by atoms with Crippen LogP contribution in [-0.4, -0.2) is 46.5 Å². The number of fused-ring (bicyclic) bond motifs is 2. The third-order valence-electron chi connectivity index (χ3n) is 5.47. The number of hydrogen-bond donors (Lipinski definition) is 1. The molecule has 2 aliphatic heterocycles. The van der Waals surface area contributed by atoms with Crippen molar-refractivity contribution in [3.63, 3.8) is 0 Å². The van der Waals surface area contributed by atoms with Crippen LogP contribution in [0.2, 0.25) is 0 Å². The summed E-state index contributed by atoms with van der Waals surface area (Å²) in [5.74, 6) is 1.83. The van der Waals surface area contributed by atoms with Crippen LogP contribution in [0.15, 0.2) is 30.6 Å². The van der Waals surface area contributed by atoms with Gasteiger partial charge in [-0.3, -0.25) is 4.79 Å². The lowest BCUT2D eigenvalue weighted by Crippen LogP contribution is -2.33. The first-order valence-corrected chi connectivity index (χ1v) is 8.69. The van der Waals surface area contributed by atoms with Crippen molar-refractivity contribution >= 4 is 41.8 Å². The van der Waals surface area contributed by atoms with E-state index in [1.807, 2.05) is 24.5 Å². The first-order valence-electron chi connectivity index (χ1n) is 8.69. The molecular formula is C18H26Cl2N4O. The molecule has 4 rings (SSSR count). The first kappa shape index (κ1) is 20.0. The van der Waals surface area contributed by atoms with Gasteiger partial charge in [0.05, 0.1) is 17.4 Å². The van der Waals surface area contributed by atoms with E-state index in [1.54, 1.807) is 0 Å². The Balaban J connectivity index is 0.00000113. The number of hydrogen-bond acceptors (Lipinski definition) is 3. The van der Waals surface area contributed by atoms with E-state index >= 15 is 0 Å². The van der Waals surface area contributed by atoms with Gasteiger partial charge in [-0.15, -0.1) is 24.8 Å². The predicted molar refractivity (Wildman–Crippen MR) is 105 cm³/mol. The predicted octanol–water partition coefficient (Wildman–Crippen LogP) is 2.73. The summed E-state index contributed by atoms with van der Waals surface area (Å²) >= 11 is 0. The zero-order valence-electron chi connectivity index (χ0n) is 14.3. The third kappa shape index (κ3) is 4.27. The van der Waals surface area contributed by atoms with Crippen molar-refractivity contribution in [2.45, 2.75) is 25.8 Å². The summed E-state index contributed by atoms with van der Waals surface area (Å²) in [7, 11) is 0. The van der Waals surface area contributed by atoms with E-state index in [-0.39, 0.29) is 30.7 Å². The molecule has 138 valence electrons. The fourth-order valence-electron chi connectivity index (χ4n) is 4.03. The molecule has 25 heavy (non-hydrogen) atoms. The number of rotatable bonds is 3. The zero-order chi connectivity index (χ0) is 15.6. The van der Waals surface area contributed by atoms with E-state index in [4.69, 9.17) is 0 Å². The number of imidazole rings is 1. The smallest absolute Gasteiger partial charge is 0.224 e. The highest BCUT2D eigenvalue weighted by Gasteiger charge is 2.31. The van der Waals surface area contributed by atoms with Gasteiger partial charge in [-0.25, -0.2) is 4.98 Å². The summed E-state index contributed by atoms with van der Waals surface area (Å²) < 4.78 is 2.09. The summed E-state index contributed by atoms with van der Waals surface area (Å²) in [6.45, 7) is 4.82. The van der Waals surface area contributed by atoms with Crippen LogP contribution >= 0.6 is 24.8 Å². The maximum absolute atomic E-state index is 12.6. The summed E-state index contributed by atoms with van der Waals surface area (Å²) in [6.07, 6.45) is 4.71. The summed E-state index contributed by atoms with van der Waals surface area (Å²) in [4.78, 5) is 19.1. The lowest BCUT2D eigenvalue weighted by Gasteiger charge is -2.21. The van der Waals surface area contributed by atoms with Crippen molar-refractivity contribution in [2.24, 2.45) is 11.8 Å². The normalized spacial score (nSPS) is 22.6. The number of benzene rings is 1. The van der Waals surface area contributed by atoms with Gasteiger partial charge < -0.3 is 14.8 Å². The molecule has 0 unspecified atom stereocenters. The van der Waals surface area contributed by atoms with Crippen LogP contribution in [-0.2, 0) is 11.3 Å². The highest BCUT2D eigenvalue weighted by molar-refractivity contribution is 5.85. The molecule has 7 heteroatoms. The van der Waals surface area contributed by atoms with Gasteiger partial charge in [-0.1, -0.05) is 12.1 Å². The minimum absolute atomic E-state index is 0. The summed E-state index contributed by atoms with van der Waals surface area (Å²) in [5, 5.41) is 3.48. The van der Waals surface area contributed by atoms with Crippen LogP contribution in [0, 0.1) is 11.8 Å². The summed E-state index contributed by atoms with van der Waals surface area (Å²) in [6, 6.07) is 8.08. The van der Waals surface area contributed by atoms with Crippen LogP contribution < -0.4 is 5.32 Å². The quantitative estimate of drug-likeness (QED) is 0.884. The average molecular weight is 385 g/mol. The lowest BCUT2D eigenvalue weighted by atomic mass is 9.92. The van der Waals surface area contributed by atoms with E-state index in [1.165, 1.54) is 0 Å². The molecule has 0 aliphatic carbocycles. The average Bonchev–Trinajstić information content (AvgIpc) is 3.15. The minimum Gasteiger partial charge on any atom is -0.343 e. The van der Waals surface area contributed by atoms with Gasteiger partial charge in [0.25, 0.3) is 0 Å². The largest absolute Gasteiger partial charge is 0.343 e. The molecule has 1 amide bonds. The van der Waals surface area contributed by atoms with Crippen molar-refractivity contribution in [1.82, 2.24) is 19.8 Å². The number of nitrogens with zero attached hydrogens (tertiary/aromatic N) is 3. The number of nitrogens with one attached hydrogen (secondary N) is 1. The van der Waals surface area contributed by atoms with Crippen LogP contribution in [0.4, 0.5) is 0 Å². The van der Waals surface area contributed by atoms with E-state index in [9.17, 15) is 4.79 Å². The third-order valence-corrected chi connectivity index (χ3v) is 5.47. The number of carbonyl (C=O) groups is 1. The van der Waals surface area contributed by atoms with Crippen LogP contribution in [0.1, 0.15) is 19.3 Å². The zero-order valence-corrected chi connectivity index (χ0v) is 15.9. The van der Waals surface area contributed by atoms with E-state index < -0.39 is 0 Å². The molecule has 0 spiro atoms. The number of carbonyl (C=O) groups excluding carboxylic acids is 1. The van der Waals surface area contributed by atoms with Gasteiger partial charge in [-0.2, -0.15) is 0 Å². The Morgan fingerprint density at radius 1 is 1.12 bits per heavy atom. The number of aryl methyl sites for hydroxylation is 1. The molecule has 5 nitrogen and oxygen atoms in total. The second-order valence-electron chi connectivity index (χ2n) is 6.81. The Hall–Kier alpha value is -1.30. The maximum atomic E-state index is 12.6. The van der Waals surface area contributed by atoms with Gasteiger partial charge in [0.15, 0.2) is 0 Å². The van der Waals surface area contributed by atoms with Crippen LogP contribution in [0.3, 0.4) is 0 Å². The van der Waals surface area contributed by atoms with Crippen molar-refractivity contribution in [3.05, 3.63) is 30.6 Å². The molecule has 0 radical (unpaired) electrons. The van der Waals surface area contributed by atoms with E-state index in [0.717, 1.165) is 61.9 Å². The molecule has 2 atom stereocenters. The highest BCUT2D eigenvalue weighted by atomic mass is 35.5. The lowest BCUT2D eigenvalue weighted by molar-refractivity contribution is -0.131. The SMILES string of the molecule is Cl.Cl.O=C(CCn1cnc2ccccc21)N1CC[C@@H]2CNC[C@@H]2CC1. The van der Waals surface area contributed by atoms with E-state index in [2.05, 4.69) is 25.8 Å².